The van der Waals surface area contributed by atoms with Gasteiger partial charge >= 0.3 is 5.69 Å². The van der Waals surface area contributed by atoms with Crippen molar-refractivity contribution >= 4 is 40.1 Å². The molecule has 1 aliphatic heterocycles. The van der Waals surface area contributed by atoms with Crippen molar-refractivity contribution in [3.63, 3.8) is 0 Å². The monoisotopic (exact) mass is 633 g/mol. The topological polar surface area (TPSA) is 96.6 Å². The van der Waals surface area contributed by atoms with E-state index in [4.69, 9.17) is 0 Å². The number of benzene rings is 2. The predicted octanol–water partition coefficient (Wildman–Crippen LogP) is 3.08. The summed E-state index contributed by atoms with van der Waals surface area (Å²) in [5, 5.41) is 3.02. The average Bonchev–Trinajstić information content (AvgIpc) is 2.87. The van der Waals surface area contributed by atoms with Gasteiger partial charge in [0.05, 0.1) is 35.0 Å². The van der Waals surface area contributed by atoms with Crippen LogP contribution < -0.4 is 16.6 Å². The van der Waals surface area contributed by atoms with Gasteiger partial charge in [-0.1, -0.05) is 12.1 Å². The maximum absolute atomic E-state index is 14.8. The largest absolute Gasteiger partial charge is 0.359 e. The van der Waals surface area contributed by atoms with Crippen LogP contribution in [0.25, 0.3) is 5.69 Å². The van der Waals surface area contributed by atoms with Gasteiger partial charge in [-0.25, -0.2) is 9.18 Å². The lowest BCUT2D eigenvalue weighted by atomic mass is 9.93. The molecule has 9 nitrogen and oxygen atoms in total. The van der Waals surface area contributed by atoms with Crippen molar-refractivity contribution in [1.82, 2.24) is 18.9 Å². The zero-order valence-corrected chi connectivity index (χ0v) is 23.9. The van der Waals surface area contributed by atoms with Gasteiger partial charge in [0.25, 0.3) is 5.56 Å². The van der Waals surface area contributed by atoms with Gasteiger partial charge in [-0.2, -0.15) is 0 Å². The number of rotatable bonds is 6. The van der Waals surface area contributed by atoms with Gasteiger partial charge in [-0.3, -0.25) is 23.5 Å². The number of aromatic nitrogens is 2. The summed E-state index contributed by atoms with van der Waals surface area (Å²) in [6, 6.07) is 11.5. The van der Waals surface area contributed by atoms with Gasteiger partial charge in [-0.15, -0.1) is 0 Å². The smallest absolute Gasteiger partial charge is 0.335 e. The number of nitrogens with zero attached hydrogens (tertiary/aromatic N) is 4. The molecule has 2 amide bonds. The summed E-state index contributed by atoms with van der Waals surface area (Å²) in [5.74, 6) is -1.79. The lowest BCUT2D eigenvalue weighted by molar-refractivity contribution is -0.134. The summed E-state index contributed by atoms with van der Waals surface area (Å²) >= 11 is 2.00. The van der Waals surface area contributed by atoms with Crippen molar-refractivity contribution in [3.05, 3.63) is 89.5 Å². The zero-order chi connectivity index (χ0) is 27.9. The molecule has 0 bridgehead atoms. The van der Waals surface area contributed by atoms with Crippen molar-refractivity contribution in [2.75, 3.05) is 26.5 Å². The minimum absolute atomic E-state index is 0.0976. The second-order valence-electron chi connectivity index (χ2n) is 9.44. The summed E-state index contributed by atoms with van der Waals surface area (Å²) in [4.78, 5) is 55.9. The quantitative estimate of drug-likeness (QED) is 0.422. The number of likely N-dealkylation sites (N-methyl/N-ethyl adjacent to an activating group) is 2. The van der Waals surface area contributed by atoms with E-state index < -0.39 is 29.1 Å². The fraction of sp³-hybridized carbons (Fsp3) is 0.333. The molecular formula is C27H29FIN5O4. The highest BCUT2D eigenvalue weighted by atomic mass is 127. The van der Waals surface area contributed by atoms with Crippen LogP contribution >= 0.6 is 22.6 Å². The molecule has 0 fully saturated rings. The SMILES string of the molecule is CCn1c(=O)c2c(n(-c3cccc(CC(=O)N(C)C)c3)c1=O)C(C)C(=O)N(C)C2Nc1ccc(I)cc1F. The van der Waals surface area contributed by atoms with Crippen molar-refractivity contribution in [2.24, 2.45) is 0 Å². The fourth-order valence-electron chi connectivity index (χ4n) is 4.70. The Labute approximate surface area is 233 Å². The molecular weight excluding hydrogens is 604 g/mol. The number of halogens is 2. The molecule has 2 atom stereocenters. The first-order valence-electron chi connectivity index (χ1n) is 12.1. The van der Waals surface area contributed by atoms with Crippen molar-refractivity contribution in [2.45, 2.75) is 38.9 Å². The third-order valence-electron chi connectivity index (χ3n) is 6.77. The van der Waals surface area contributed by atoms with E-state index in [9.17, 15) is 23.6 Å². The number of fused-ring (bicyclic) bond motifs is 1. The van der Waals surface area contributed by atoms with Crippen LogP contribution in [0, 0.1) is 9.39 Å². The lowest BCUT2D eigenvalue weighted by Gasteiger charge is -2.39. The van der Waals surface area contributed by atoms with Gasteiger partial charge in [0.2, 0.25) is 11.8 Å². The fourth-order valence-corrected chi connectivity index (χ4v) is 5.16. The zero-order valence-electron chi connectivity index (χ0n) is 21.8. The molecule has 200 valence electrons. The highest BCUT2D eigenvalue weighted by Crippen LogP contribution is 2.36. The van der Waals surface area contributed by atoms with E-state index >= 15 is 0 Å². The maximum atomic E-state index is 14.8. The summed E-state index contributed by atoms with van der Waals surface area (Å²) in [6.07, 6.45) is -0.891. The van der Waals surface area contributed by atoms with Crippen molar-refractivity contribution in [3.8, 4) is 5.69 Å². The van der Waals surface area contributed by atoms with E-state index in [1.165, 1.54) is 20.4 Å². The van der Waals surface area contributed by atoms with Crippen LogP contribution in [-0.2, 0) is 22.6 Å². The molecule has 2 aromatic carbocycles. The van der Waals surface area contributed by atoms with Crippen LogP contribution in [-0.4, -0.2) is 51.9 Å². The molecule has 0 spiro atoms. The van der Waals surface area contributed by atoms with E-state index in [1.54, 1.807) is 71.4 Å². The van der Waals surface area contributed by atoms with Gasteiger partial charge in [0.15, 0.2) is 0 Å². The number of carbonyl (C=O) groups excluding carboxylic acids is 2. The number of hydrogen-bond donors (Lipinski definition) is 1. The first-order valence-corrected chi connectivity index (χ1v) is 13.2. The first kappa shape index (κ1) is 27.6. The van der Waals surface area contributed by atoms with Crippen molar-refractivity contribution in [1.29, 1.82) is 0 Å². The Morgan fingerprint density at radius 1 is 1.13 bits per heavy atom. The lowest BCUT2D eigenvalue weighted by Crippen LogP contribution is -2.52. The molecule has 0 aliphatic carbocycles. The highest BCUT2D eigenvalue weighted by molar-refractivity contribution is 14.1. The molecule has 0 saturated carbocycles. The predicted molar refractivity (Wildman–Crippen MR) is 151 cm³/mol. The number of hydrogen-bond acceptors (Lipinski definition) is 5. The summed E-state index contributed by atoms with van der Waals surface area (Å²) in [6.45, 7) is 3.43. The third-order valence-corrected chi connectivity index (χ3v) is 7.44. The van der Waals surface area contributed by atoms with Gasteiger partial charge < -0.3 is 15.1 Å². The Hall–Kier alpha value is -3.48. The molecule has 1 aliphatic rings. The number of anilines is 1. The van der Waals surface area contributed by atoms with E-state index in [0.29, 0.717) is 14.8 Å². The Morgan fingerprint density at radius 3 is 2.47 bits per heavy atom. The van der Waals surface area contributed by atoms with E-state index in [-0.39, 0.29) is 41.7 Å². The van der Waals surface area contributed by atoms with E-state index in [1.807, 2.05) is 22.6 Å². The van der Waals surface area contributed by atoms with Crippen LogP contribution in [0.2, 0.25) is 0 Å². The second kappa shape index (κ2) is 10.7. The van der Waals surface area contributed by atoms with Gasteiger partial charge in [-0.05, 0) is 72.3 Å². The Kier molecular flexibility index (Phi) is 7.77. The Morgan fingerprint density at radius 2 is 1.84 bits per heavy atom. The van der Waals surface area contributed by atoms with Crippen LogP contribution in [0.4, 0.5) is 10.1 Å². The van der Waals surface area contributed by atoms with Crippen LogP contribution in [0.15, 0.2) is 52.1 Å². The Bertz CT molecular complexity index is 1550. The molecule has 2 heterocycles. The molecule has 2 unspecified atom stereocenters. The molecule has 1 N–H and O–H groups in total. The number of carbonyl (C=O) groups is 2. The minimum Gasteiger partial charge on any atom is -0.359 e. The Balaban J connectivity index is 1.98. The van der Waals surface area contributed by atoms with Crippen LogP contribution in [0.1, 0.15) is 42.8 Å². The molecule has 4 rings (SSSR count). The highest BCUT2D eigenvalue weighted by Gasteiger charge is 2.41. The van der Waals surface area contributed by atoms with E-state index in [2.05, 4.69) is 5.32 Å². The van der Waals surface area contributed by atoms with Gasteiger partial charge in [0, 0.05) is 31.3 Å². The summed E-state index contributed by atoms with van der Waals surface area (Å²) < 4.78 is 18.0. The minimum atomic E-state index is -1.01. The summed E-state index contributed by atoms with van der Waals surface area (Å²) in [7, 11) is 4.87. The molecule has 3 aromatic rings. The first-order chi connectivity index (χ1) is 18.0. The molecule has 0 saturated heterocycles. The number of nitrogens with one attached hydrogen (secondary N) is 1. The molecule has 38 heavy (non-hydrogen) atoms. The maximum Gasteiger partial charge on any atom is 0.335 e. The normalized spacial score (nSPS) is 16.8. The third kappa shape index (κ3) is 4.86. The molecule has 11 heteroatoms. The summed E-state index contributed by atoms with van der Waals surface area (Å²) in [5.41, 5.74) is 0.536. The molecule has 1 aromatic heterocycles. The van der Waals surface area contributed by atoms with Crippen molar-refractivity contribution < 1.29 is 14.0 Å². The second-order valence-corrected chi connectivity index (χ2v) is 10.7. The number of amides is 2. The standard InChI is InChI=1S/C27H29FIN5O4/c1-6-33-26(37)22-23(34(27(33)38)18-9-7-8-16(12-18)13-21(35)31(3)4)15(2)25(36)32(5)24(22)30-20-11-10-17(29)14-19(20)28/h7-12,14-15,24,30H,6,13H2,1-5H3. The van der Waals surface area contributed by atoms with Crippen LogP contribution in [0.3, 0.4) is 0 Å². The molecule has 0 radical (unpaired) electrons. The van der Waals surface area contributed by atoms with Gasteiger partial charge in [0.1, 0.15) is 12.0 Å². The van der Waals surface area contributed by atoms with Crippen LogP contribution in [0.5, 0.6) is 0 Å². The van der Waals surface area contributed by atoms with E-state index in [0.717, 1.165) is 4.57 Å². The average molecular weight is 633 g/mol.